The predicted octanol–water partition coefficient (Wildman–Crippen LogP) is 2.21. The van der Waals surface area contributed by atoms with E-state index in [0.717, 1.165) is 0 Å². The SMILES string of the molecule is N#Cc1cccc(NC(=O)c2ccncc2)c1. The van der Waals surface area contributed by atoms with Gasteiger partial charge < -0.3 is 5.32 Å². The third kappa shape index (κ3) is 2.67. The Hall–Kier alpha value is -2.67. The highest BCUT2D eigenvalue weighted by atomic mass is 16.1. The fraction of sp³-hybridized carbons (Fsp3) is 0. The fourth-order valence-corrected chi connectivity index (χ4v) is 1.37. The van der Waals surface area contributed by atoms with Crippen LogP contribution in [0, 0.1) is 11.3 Å². The quantitative estimate of drug-likeness (QED) is 0.848. The van der Waals surface area contributed by atoms with Crippen LogP contribution in [0.4, 0.5) is 5.69 Å². The summed E-state index contributed by atoms with van der Waals surface area (Å²) in [6.07, 6.45) is 3.11. The Morgan fingerprint density at radius 1 is 1.24 bits per heavy atom. The first kappa shape index (κ1) is 10.8. The molecule has 1 aromatic carbocycles. The second kappa shape index (κ2) is 4.90. The highest BCUT2D eigenvalue weighted by Crippen LogP contribution is 2.11. The molecular formula is C13H9N3O. The fourth-order valence-electron chi connectivity index (χ4n) is 1.37. The number of carbonyl (C=O) groups is 1. The molecule has 1 aromatic heterocycles. The minimum Gasteiger partial charge on any atom is -0.322 e. The maximum absolute atomic E-state index is 11.8. The van der Waals surface area contributed by atoms with Crippen LogP contribution in [0.15, 0.2) is 48.8 Å². The monoisotopic (exact) mass is 223 g/mol. The Labute approximate surface area is 98.5 Å². The number of nitrogens with one attached hydrogen (secondary N) is 1. The number of carbonyl (C=O) groups excluding carboxylic acids is 1. The Morgan fingerprint density at radius 3 is 2.71 bits per heavy atom. The number of rotatable bonds is 2. The van der Waals surface area contributed by atoms with Crippen molar-refractivity contribution < 1.29 is 4.79 Å². The average Bonchev–Trinajstić information content (AvgIpc) is 2.40. The van der Waals surface area contributed by atoms with Gasteiger partial charge in [-0.3, -0.25) is 9.78 Å². The van der Waals surface area contributed by atoms with Crippen LogP contribution >= 0.6 is 0 Å². The van der Waals surface area contributed by atoms with Gasteiger partial charge in [0.15, 0.2) is 0 Å². The van der Waals surface area contributed by atoms with Gasteiger partial charge in [-0.25, -0.2) is 0 Å². The molecule has 4 heteroatoms. The van der Waals surface area contributed by atoms with Crippen molar-refractivity contribution in [3.63, 3.8) is 0 Å². The number of anilines is 1. The second-order valence-electron chi connectivity index (χ2n) is 3.38. The summed E-state index contributed by atoms with van der Waals surface area (Å²) >= 11 is 0. The van der Waals surface area contributed by atoms with Crippen LogP contribution < -0.4 is 5.32 Å². The van der Waals surface area contributed by atoms with E-state index in [1.807, 2.05) is 6.07 Å². The van der Waals surface area contributed by atoms with Gasteiger partial charge in [0.05, 0.1) is 11.6 Å². The number of nitriles is 1. The Kier molecular flexibility index (Phi) is 3.13. The molecule has 0 atom stereocenters. The molecule has 0 bridgehead atoms. The Balaban J connectivity index is 2.17. The van der Waals surface area contributed by atoms with Gasteiger partial charge in [-0.1, -0.05) is 6.07 Å². The lowest BCUT2D eigenvalue weighted by Gasteiger charge is -2.04. The topological polar surface area (TPSA) is 65.8 Å². The molecule has 82 valence electrons. The molecule has 0 radical (unpaired) electrons. The van der Waals surface area contributed by atoms with Crippen LogP contribution in [0.25, 0.3) is 0 Å². The number of hydrogen-bond acceptors (Lipinski definition) is 3. The molecule has 4 nitrogen and oxygen atoms in total. The first-order valence-corrected chi connectivity index (χ1v) is 5.01. The van der Waals surface area contributed by atoms with Crippen LogP contribution in [-0.4, -0.2) is 10.9 Å². The summed E-state index contributed by atoms with van der Waals surface area (Å²) in [7, 11) is 0. The molecule has 1 N–H and O–H groups in total. The number of aromatic nitrogens is 1. The zero-order chi connectivity index (χ0) is 12.1. The lowest BCUT2D eigenvalue weighted by Crippen LogP contribution is -2.11. The molecule has 0 aliphatic heterocycles. The summed E-state index contributed by atoms with van der Waals surface area (Å²) in [5.41, 5.74) is 1.64. The molecular weight excluding hydrogens is 214 g/mol. The number of benzene rings is 1. The van der Waals surface area contributed by atoms with Crippen LogP contribution in [0.5, 0.6) is 0 Å². The van der Waals surface area contributed by atoms with E-state index in [0.29, 0.717) is 16.8 Å². The summed E-state index contributed by atoms with van der Waals surface area (Å²) in [5.74, 6) is -0.220. The molecule has 2 aromatic rings. The zero-order valence-electron chi connectivity index (χ0n) is 8.92. The minimum atomic E-state index is -0.220. The van der Waals surface area contributed by atoms with Gasteiger partial charge in [0.1, 0.15) is 0 Å². The predicted molar refractivity (Wildman–Crippen MR) is 63.3 cm³/mol. The van der Waals surface area contributed by atoms with Gasteiger partial charge in [0.2, 0.25) is 0 Å². The van der Waals surface area contributed by atoms with Crippen molar-refractivity contribution in [2.45, 2.75) is 0 Å². The highest BCUT2D eigenvalue weighted by Gasteiger charge is 2.05. The number of nitrogens with zero attached hydrogens (tertiary/aromatic N) is 2. The second-order valence-corrected chi connectivity index (χ2v) is 3.38. The van der Waals surface area contributed by atoms with Gasteiger partial charge in [0.25, 0.3) is 5.91 Å². The Bertz CT molecular complexity index is 573. The average molecular weight is 223 g/mol. The molecule has 0 aliphatic carbocycles. The summed E-state index contributed by atoms with van der Waals surface area (Å²) in [6, 6.07) is 12.0. The van der Waals surface area contributed by atoms with Gasteiger partial charge in [-0.2, -0.15) is 5.26 Å². The minimum absolute atomic E-state index is 0.220. The molecule has 0 saturated heterocycles. The molecule has 1 amide bonds. The largest absolute Gasteiger partial charge is 0.322 e. The lowest BCUT2D eigenvalue weighted by atomic mass is 10.2. The molecule has 0 unspecified atom stereocenters. The third-order valence-electron chi connectivity index (χ3n) is 2.19. The molecule has 2 rings (SSSR count). The van der Waals surface area contributed by atoms with Crippen molar-refractivity contribution in [1.29, 1.82) is 5.26 Å². The van der Waals surface area contributed by atoms with E-state index in [-0.39, 0.29) is 5.91 Å². The van der Waals surface area contributed by atoms with Crippen molar-refractivity contribution >= 4 is 11.6 Å². The number of amides is 1. The van der Waals surface area contributed by atoms with Crippen LogP contribution in [0.2, 0.25) is 0 Å². The number of hydrogen-bond donors (Lipinski definition) is 1. The van der Waals surface area contributed by atoms with Gasteiger partial charge in [0, 0.05) is 23.6 Å². The first-order chi connectivity index (χ1) is 8.29. The van der Waals surface area contributed by atoms with Crippen LogP contribution in [-0.2, 0) is 0 Å². The maximum Gasteiger partial charge on any atom is 0.255 e. The van der Waals surface area contributed by atoms with E-state index >= 15 is 0 Å². The van der Waals surface area contributed by atoms with Crippen molar-refractivity contribution in [3.05, 3.63) is 59.9 Å². The lowest BCUT2D eigenvalue weighted by molar-refractivity contribution is 0.102. The zero-order valence-corrected chi connectivity index (χ0v) is 8.92. The summed E-state index contributed by atoms with van der Waals surface area (Å²) in [5, 5.41) is 11.5. The van der Waals surface area contributed by atoms with E-state index in [1.165, 1.54) is 0 Å². The summed E-state index contributed by atoms with van der Waals surface area (Å²) in [6.45, 7) is 0. The Morgan fingerprint density at radius 2 is 2.00 bits per heavy atom. The van der Waals surface area contributed by atoms with Crippen molar-refractivity contribution in [3.8, 4) is 6.07 Å². The molecule has 0 spiro atoms. The molecule has 0 saturated carbocycles. The van der Waals surface area contributed by atoms with Crippen molar-refractivity contribution in [2.75, 3.05) is 5.32 Å². The van der Waals surface area contributed by atoms with Crippen LogP contribution in [0.1, 0.15) is 15.9 Å². The van der Waals surface area contributed by atoms with E-state index in [4.69, 9.17) is 5.26 Å². The van der Waals surface area contributed by atoms with Crippen molar-refractivity contribution in [1.82, 2.24) is 4.98 Å². The van der Waals surface area contributed by atoms with E-state index in [9.17, 15) is 4.79 Å². The van der Waals surface area contributed by atoms with Gasteiger partial charge in [-0.05, 0) is 30.3 Å². The number of pyridine rings is 1. The van der Waals surface area contributed by atoms with Crippen LogP contribution in [0.3, 0.4) is 0 Å². The first-order valence-electron chi connectivity index (χ1n) is 5.01. The molecule has 0 aliphatic rings. The standard InChI is InChI=1S/C13H9N3O/c14-9-10-2-1-3-12(8-10)16-13(17)11-4-6-15-7-5-11/h1-8H,(H,16,17). The third-order valence-corrected chi connectivity index (χ3v) is 2.19. The molecule has 0 fully saturated rings. The van der Waals surface area contributed by atoms with E-state index < -0.39 is 0 Å². The smallest absolute Gasteiger partial charge is 0.255 e. The van der Waals surface area contributed by atoms with E-state index in [2.05, 4.69) is 10.3 Å². The highest BCUT2D eigenvalue weighted by molar-refractivity contribution is 6.04. The summed E-state index contributed by atoms with van der Waals surface area (Å²) in [4.78, 5) is 15.6. The molecule has 1 heterocycles. The maximum atomic E-state index is 11.8. The van der Waals surface area contributed by atoms with Crippen molar-refractivity contribution in [2.24, 2.45) is 0 Å². The van der Waals surface area contributed by atoms with E-state index in [1.54, 1.807) is 48.8 Å². The summed E-state index contributed by atoms with van der Waals surface area (Å²) < 4.78 is 0. The normalized spacial score (nSPS) is 9.35. The molecule has 17 heavy (non-hydrogen) atoms. The van der Waals surface area contributed by atoms with Gasteiger partial charge >= 0.3 is 0 Å². The van der Waals surface area contributed by atoms with Gasteiger partial charge in [-0.15, -0.1) is 0 Å².